The van der Waals surface area contributed by atoms with Crippen LogP contribution in [0.15, 0.2) is 25.8 Å². The summed E-state index contributed by atoms with van der Waals surface area (Å²) >= 11 is 3.58. The summed E-state index contributed by atoms with van der Waals surface area (Å²) < 4.78 is 8.97. The molecule has 0 radical (unpaired) electrons. The molecule has 2 N–H and O–H groups in total. The second-order valence-corrected chi connectivity index (χ2v) is 8.79. The number of amides is 1. The first-order valence-electron chi connectivity index (χ1n) is 9.79. The Bertz CT molecular complexity index is 1200. The Morgan fingerprint density at radius 1 is 1.38 bits per heavy atom. The summed E-state index contributed by atoms with van der Waals surface area (Å²) in [5.74, 6) is 0.194. The van der Waals surface area contributed by atoms with Gasteiger partial charge >= 0.3 is 6.09 Å². The number of aromatic nitrogens is 2. The third-order valence-corrected chi connectivity index (χ3v) is 6.76. The van der Waals surface area contributed by atoms with Gasteiger partial charge in [-0.05, 0) is 49.8 Å². The fourth-order valence-electron chi connectivity index (χ4n) is 4.24. The van der Waals surface area contributed by atoms with Gasteiger partial charge in [0.05, 0.1) is 5.52 Å². The molecule has 2 aliphatic rings. The first-order chi connectivity index (χ1) is 13.9. The van der Waals surface area contributed by atoms with Crippen LogP contribution in [0, 0.1) is 12.8 Å². The molecule has 0 spiro atoms. The minimum atomic E-state index is -1.01. The van der Waals surface area contributed by atoms with Gasteiger partial charge < -0.3 is 24.3 Å². The number of hydrogen-bond acceptors (Lipinski definition) is 5. The van der Waals surface area contributed by atoms with E-state index >= 15 is 0 Å². The minimum Gasteiger partial charge on any atom is -0.465 e. The second kappa shape index (κ2) is 6.76. The smallest absolute Gasteiger partial charge is 0.404 e. The molecule has 8 nitrogen and oxygen atoms in total. The number of rotatable bonds is 4. The molecule has 3 aromatic rings. The summed E-state index contributed by atoms with van der Waals surface area (Å²) in [6, 6.07) is 4.61. The molecule has 1 aromatic carbocycles. The van der Waals surface area contributed by atoms with Crippen LogP contribution in [0.25, 0.3) is 22.0 Å². The third kappa shape index (κ3) is 3.08. The van der Waals surface area contributed by atoms with Gasteiger partial charge in [-0.15, -0.1) is 0 Å². The van der Waals surface area contributed by atoms with E-state index in [1.165, 1.54) is 0 Å². The van der Waals surface area contributed by atoms with Gasteiger partial charge in [-0.2, -0.15) is 4.98 Å². The molecule has 152 valence electrons. The monoisotopic (exact) mass is 460 g/mol. The average molecular weight is 461 g/mol. The maximum Gasteiger partial charge on any atom is 0.404 e. The van der Waals surface area contributed by atoms with Crippen LogP contribution in [0.2, 0.25) is 0 Å². The second-order valence-electron chi connectivity index (χ2n) is 7.94. The standard InChI is InChI=1S/C20H21BrN4O4/c1-10-14(21)5-4-13-16(10)25(12-2-3-12)18(26)15-17(13)29-19(23-15)24-7-6-11(9-24)8-22-20(27)28/h4-5,11-12,22H,2-3,6-9H2,1H3,(H,27,28)/t11-/m1/s1. The number of fused-ring (bicyclic) bond motifs is 3. The number of nitrogens with zero attached hydrogens (tertiary/aromatic N) is 3. The van der Waals surface area contributed by atoms with E-state index in [2.05, 4.69) is 26.2 Å². The summed E-state index contributed by atoms with van der Waals surface area (Å²) in [5, 5.41) is 12.1. The lowest BCUT2D eigenvalue weighted by atomic mass is 10.1. The zero-order chi connectivity index (χ0) is 20.3. The molecule has 1 atom stereocenters. The molecule has 1 saturated heterocycles. The third-order valence-electron chi connectivity index (χ3n) is 5.90. The molecule has 0 unspecified atom stereocenters. The predicted molar refractivity (Wildman–Crippen MR) is 113 cm³/mol. The van der Waals surface area contributed by atoms with Crippen LogP contribution in [0.3, 0.4) is 0 Å². The molecule has 1 saturated carbocycles. The average Bonchev–Trinajstić information content (AvgIpc) is 3.24. The van der Waals surface area contributed by atoms with E-state index in [1.807, 2.05) is 28.5 Å². The van der Waals surface area contributed by atoms with E-state index in [1.54, 1.807) is 0 Å². The number of pyridine rings is 1. The highest BCUT2D eigenvalue weighted by atomic mass is 79.9. The van der Waals surface area contributed by atoms with Gasteiger partial charge in [-0.25, -0.2) is 4.79 Å². The Morgan fingerprint density at radius 2 is 2.17 bits per heavy atom. The molecular formula is C20H21BrN4O4. The minimum absolute atomic E-state index is 0.102. The van der Waals surface area contributed by atoms with Crippen molar-refractivity contribution in [2.24, 2.45) is 5.92 Å². The van der Waals surface area contributed by atoms with Gasteiger partial charge in [-0.3, -0.25) is 4.79 Å². The van der Waals surface area contributed by atoms with Gasteiger partial charge in [0.2, 0.25) is 0 Å². The van der Waals surface area contributed by atoms with Gasteiger partial charge in [0.15, 0.2) is 11.1 Å². The number of anilines is 1. The van der Waals surface area contributed by atoms with E-state index in [0.29, 0.717) is 30.2 Å². The summed E-state index contributed by atoms with van der Waals surface area (Å²) in [7, 11) is 0. The molecule has 9 heteroatoms. The van der Waals surface area contributed by atoms with Gasteiger partial charge in [0.1, 0.15) is 0 Å². The maximum absolute atomic E-state index is 13.3. The van der Waals surface area contributed by atoms with E-state index in [4.69, 9.17) is 9.52 Å². The number of benzene rings is 1. The van der Waals surface area contributed by atoms with Gasteiger partial charge in [0, 0.05) is 35.5 Å². The highest BCUT2D eigenvalue weighted by molar-refractivity contribution is 9.10. The summed E-state index contributed by atoms with van der Waals surface area (Å²) in [4.78, 5) is 30.6. The highest BCUT2D eigenvalue weighted by Crippen LogP contribution is 2.40. The Labute approximate surface area is 174 Å². The largest absolute Gasteiger partial charge is 0.465 e. The van der Waals surface area contributed by atoms with Crippen LogP contribution in [-0.4, -0.2) is 40.4 Å². The normalized spacial score (nSPS) is 19.4. The van der Waals surface area contributed by atoms with Crippen molar-refractivity contribution >= 4 is 50.0 Å². The molecule has 1 aliphatic carbocycles. The molecule has 29 heavy (non-hydrogen) atoms. The number of halogens is 1. The number of oxazole rings is 1. The molecule has 5 rings (SSSR count). The van der Waals surface area contributed by atoms with Crippen molar-refractivity contribution in [1.82, 2.24) is 14.9 Å². The summed E-state index contributed by atoms with van der Waals surface area (Å²) in [6.07, 6.45) is 1.83. The first kappa shape index (κ1) is 18.5. The van der Waals surface area contributed by atoms with E-state index < -0.39 is 6.09 Å². The number of carbonyl (C=O) groups is 1. The first-order valence-corrected chi connectivity index (χ1v) is 10.6. The lowest BCUT2D eigenvalue weighted by molar-refractivity contribution is 0.192. The van der Waals surface area contributed by atoms with Crippen molar-refractivity contribution in [1.29, 1.82) is 0 Å². The van der Waals surface area contributed by atoms with E-state index in [-0.39, 0.29) is 17.5 Å². The highest BCUT2D eigenvalue weighted by Gasteiger charge is 2.32. The van der Waals surface area contributed by atoms with Crippen LogP contribution >= 0.6 is 15.9 Å². The van der Waals surface area contributed by atoms with Crippen molar-refractivity contribution in [3.8, 4) is 0 Å². The zero-order valence-corrected chi connectivity index (χ0v) is 17.5. The summed E-state index contributed by atoms with van der Waals surface area (Å²) in [6.45, 7) is 3.77. The summed E-state index contributed by atoms with van der Waals surface area (Å²) in [5.41, 5.74) is 2.72. The number of nitrogens with one attached hydrogen (secondary N) is 1. The lowest BCUT2D eigenvalue weighted by Crippen LogP contribution is -2.29. The molecule has 1 amide bonds. The topological polar surface area (TPSA) is 101 Å². The fourth-order valence-corrected chi connectivity index (χ4v) is 4.56. The van der Waals surface area contributed by atoms with Crippen LogP contribution in [0.1, 0.15) is 30.9 Å². The van der Waals surface area contributed by atoms with Crippen molar-refractivity contribution in [3.05, 3.63) is 32.5 Å². The zero-order valence-electron chi connectivity index (χ0n) is 15.9. The van der Waals surface area contributed by atoms with Crippen LogP contribution < -0.4 is 15.8 Å². The molecule has 1 aliphatic heterocycles. The van der Waals surface area contributed by atoms with E-state index in [0.717, 1.165) is 46.7 Å². The van der Waals surface area contributed by atoms with E-state index in [9.17, 15) is 9.59 Å². The fraction of sp³-hybridized carbons (Fsp3) is 0.450. The molecule has 3 heterocycles. The van der Waals surface area contributed by atoms with Gasteiger partial charge in [-0.1, -0.05) is 15.9 Å². The van der Waals surface area contributed by atoms with Crippen molar-refractivity contribution in [2.45, 2.75) is 32.2 Å². The number of hydrogen-bond donors (Lipinski definition) is 2. The Kier molecular flexibility index (Phi) is 4.31. The van der Waals surface area contributed by atoms with Crippen molar-refractivity contribution < 1.29 is 14.3 Å². The molecule has 2 fully saturated rings. The molecule has 0 bridgehead atoms. The lowest BCUT2D eigenvalue weighted by Gasteiger charge is -2.13. The Morgan fingerprint density at radius 3 is 2.90 bits per heavy atom. The SMILES string of the molecule is Cc1c(Br)ccc2c3oc(N4CC[C@H](CNC(=O)O)C4)nc3c(=O)n(C3CC3)c12. The predicted octanol–water partition coefficient (Wildman–Crippen LogP) is 3.64. The number of carboxylic acid groups (broad SMARTS) is 1. The van der Waals surface area contributed by atoms with Gasteiger partial charge in [0.25, 0.3) is 11.6 Å². The van der Waals surface area contributed by atoms with Crippen LogP contribution in [0.4, 0.5) is 10.8 Å². The van der Waals surface area contributed by atoms with Crippen LogP contribution in [-0.2, 0) is 0 Å². The molecule has 2 aromatic heterocycles. The molecular weight excluding hydrogens is 440 g/mol. The Balaban J connectivity index is 1.60. The van der Waals surface area contributed by atoms with Crippen LogP contribution in [0.5, 0.6) is 0 Å². The van der Waals surface area contributed by atoms with Crippen molar-refractivity contribution in [3.63, 3.8) is 0 Å². The number of aryl methyl sites for hydroxylation is 1. The maximum atomic E-state index is 13.3. The van der Waals surface area contributed by atoms with Crippen molar-refractivity contribution in [2.75, 3.05) is 24.5 Å². The Hall–Kier alpha value is -2.55. The quantitative estimate of drug-likeness (QED) is 0.616.